The van der Waals surface area contributed by atoms with Crippen molar-refractivity contribution < 1.29 is 279 Å². The van der Waals surface area contributed by atoms with Crippen LogP contribution >= 0.6 is 0 Å². The maximum Gasteiger partial charge on any atom is 0.332 e. The van der Waals surface area contributed by atoms with Crippen molar-refractivity contribution in [3.05, 3.63) is 0 Å². The van der Waals surface area contributed by atoms with Crippen molar-refractivity contribution in [1.29, 1.82) is 0 Å². The van der Waals surface area contributed by atoms with E-state index in [1.807, 2.05) is 0 Å². The van der Waals surface area contributed by atoms with E-state index in [0.29, 0.717) is 0 Å². The lowest BCUT2D eigenvalue weighted by Gasteiger charge is -2.51. The number of methoxy groups -OCH3 is 1. The zero-order chi connectivity index (χ0) is 103. The summed E-state index contributed by atoms with van der Waals surface area (Å²) in [4.78, 5) is 87.3. The summed E-state index contributed by atoms with van der Waals surface area (Å²) in [5.41, 5.74) is 0. The first-order valence-corrected chi connectivity index (χ1v) is 43.7. The Hall–Kier alpha value is -5.69. The van der Waals surface area contributed by atoms with Gasteiger partial charge < -0.3 is 264 Å². The Morgan fingerprint density at radius 1 is 0.331 bits per heavy atom. The summed E-state index contributed by atoms with van der Waals surface area (Å²) in [5.74, 6) is -10.3. The Bertz CT molecular complexity index is 3890. The van der Waals surface area contributed by atoms with Crippen molar-refractivity contribution in [2.75, 3.05) is 73.3 Å². The molecule has 62 heteroatoms. The molecule has 31 N–H and O–H groups in total. The number of hydrogen-bond acceptors (Lipinski definition) is 55. The molecule has 0 spiro atoms. The Morgan fingerprint density at radius 3 is 0.957 bits per heavy atom. The Labute approximate surface area is 785 Å². The van der Waals surface area contributed by atoms with Gasteiger partial charge in [0.15, 0.2) is 50.3 Å². The zero-order valence-corrected chi connectivity index (χ0v) is 74.7. The topological polar surface area (TPSA) is 909 Å². The largest absolute Gasteiger partial charge is 0.410 e. The molecule has 0 radical (unpaired) electrons. The molecule has 5 amide bonds. The van der Waals surface area contributed by atoms with Crippen LogP contribution in [0.25, 0.3) is 0 Å². The highest BCUT2D eigenvalue weighted by atomic mass is 19.1. The van der Waals surface area contributed by atoms with Crippen LogP contribution in [-0.4, -0.2) is 567 Å². The lowest BCUT2D eigenvalue weighted by Crippen LogP contribution is -2.70. The van der Waals surface area contributed by atoms with Crippen molar-refractivity contribution >= 4 is 42.5 Å². The van der Waals surface area contributed by atoms with Gasteiger partial charge in [-0.1, -0.05) is 0 Å². The third kappa shape index (κ3) is 26.5. The van der Waals surface area contributed by atoms with Gasteiger partial charge in [-0.05, 0) is 0 Å². The number of hydrogen-bond donors (Lipinski definition) is 31. The summed E-state index contributed by atoms with van der Waals surface area (Å²) in [5, 5.41) is 307. The van der Waals surface area contributed by atoms with Crippen LogP contribution in [-0.2, 0) is 138 Å². The molecule has 139 heavy (non-hydrogen) atoms. The number of aliphatic hydroxyl groups excluding tert-OH is 26. The van der Waals surface area contributed by atoms with Gasteiger partial charge in [0.25, 0.3) is 12.9 Å². The van der Waals surface area contributed by atoms with Gasteiger partial charge >= 0.3 is 11.9 Å². The molecule has 0 aliphatic carbocycles. The minimum Gasteiger partial charge on any atom is -0.410 e. The van der Waals surface area contributed by atoms with Crippen molar-refractivity contribution in [1.82, 2.24) is 26.6 Å². The second-order valence-electron chi connectivity index (χ2n) is 34.5. The van der Waals surface area contributed by atoms with Gasteiger partial charge in [0, 0.05) is 41.7 Å². The van der Waals surface area contributed by atoms with Crippen LogP contribution in [0.4, 0.5) is 8.78 Å². The predicted octanol–water partition coefficient (Wildman–Crippen LogP) is -21.0. The zero-order valence-electron chi connectivity index (χ0n) is 74.7. The van der Waals surface area contributed by atoms with E-state index in [2.05, 4.69) is 26.6 Å². The molecule has 60 nitrogen and oxygen atoms in total. The molecule has 10 rings (SSSR count). The lowest BCUT2D eigenvalue weighted by atomic mass is 9.91. The molecule has 0 aromatic carbocycles. The normalized spacial score (nSPS) is 45.9. The summed E-state index contributed by atoms with van der Waals surface area (Å²) in [6.07, 6.45) is -101. The standard InChI is InChI=1S/C77H125F2N5O55/c1-21(92)80-38-26(97)7-76(122-19-90,138-63(38)43(101)28(99)9-78)120-17-36-47(105)53(111)57(115)71(130-36)132-61-33(14-88)127-69(41(51(61)109)83-24(4)95)136-66-55(113)45(103)30(11-85)124-74(66)119-16-35-49(107)65(59(117)73(129-35)134-60-32(13-87)126-68(118-6)40(50(60)108)82-23(3)94)135-75-67(56(114)46(104)31(12-86)125-75)137-70-42(84-25(5)96)52(110)62(34(15-89)128-70)133-72-58(116)54(112)48(106)37(131-72)18-121-77(123-20-91)8-27(98)39(81-22(2)93)64(139-77)44(102)29(100)10-79/h19-20,26-75,85-89,97-117H,7-18H2,1-6H3,(H,80,92)(H,81,93)(H,82,94)(H,83,95)(H,84,96)/t26?,27?,28?,29?,30?,31?,32?,33?,34?,35?,36?,37?,38?,39?,40?,41?,42?,43-,44-,45?,46?,47?,48?,49?,50?,51?,52?,53?,54?,55?,56?,57?,58?,59?,60?,61?,62?,63?,64?,65?,66?,67?,68?,69?,70?,71?,72?,73?,74?,75?,76?,77?/m1/s1. The molecule has 10 heterocycles. The van der Waals surface area contributed by atoms with E-state index >= 15 is 0 Å². The van der Waals surface area contributed by atoms with Gasteiger partial charge in [-0.3, -0.25) is 33.6 Å². The van der Waals surface area contributed by atoms with Gasteiger partial charge in [0.05, 0.1) is 90.0 Å². The van der Waals surface area contributed by atoms with Gasteiger partial charge in [-0.2, -0.15) is 0 Å². The molecular weight excluding hydrogens is 1910 g/mol. The highest BCUT2D eigenvalue weighted by Crippen LogP contribution is 2.43. The number of carbonyl (C=O) groups is 7. The number of nitrogens with one attached hydrogen (secondary N) is 5. The quantitative estimate of drug-likeness (QED) is 0.0199. The molecule has 10 fully saturated rings. The average Bonchev–Trinajstić information content (AvgIpc) is 0.761. The van der Waals surface area contributed by atoms with E-state index in [-0.39, 0.29) is 12.9 Å². The first-order chi connectivity index (χ1) is 65.7. The van der Waals surface area contributed by atoms with E-state index < -0.39 is 427 Å². The average molecular weight is 2040 g/mol. The summed E-state index contributed by atoms with van der Waals surface area (Å²) >= 11 is 0. The van der Waals surface area contributed by atoms with E-state index in [4.69, 9.17) is 104 Å². The first-order valence-electron chi connectivity index (χ1n) is 43.7. The number of carbonyl (C=O) groups excluding carboxylic acids is 7. The van der Waals surface area contributed by atoms with Crippen LogP contribution in [0.5, 0.6) is 0 Å². The monoisotopic (exact) mass is 2040 g/mol. The smallest absolute Gasteiger partial charge is 0.332 e. The number of halogens is 2. The van der Waals surface area contributed by atoms with Crippen LogP contribution in [0.15, 0.2) is 0 Å². The molecule has 10 aliphatic rings. The molecule has 0 aromatic heterocycles. The first kappa shape index (κ1) is 115. The summed E-state index contributed by atoms with van der Waals surface area (Å²) in [6, 6.07) is -9.07. The van der Waals surface area contributed by atoms with Gasteiger partial charge in [0.1, 0.15) is 245 Å². The summed E-state index contributed by atoms with van der Waals surface area (Å²) in [6.45, 7) is -8.65. The van der Waals surface area contributed by atoms with E-state index in [1.54, 1.807) is 0 Å². The molecule has 10 aliphatic heterocycles. The van der Waals surface area contributed by atoms with Crippen LogP contribution < -0.4 is 26.6 Å². The number of rotatable bonds is 42. The SMILES string of the molecule is COC1OC(CO)C(OC2OC(COC3OC(CO)C(O)C(O)C3OC3OC(CO)C(OC4OC(COC5(OC=O)CC(O)C(NC(C)=O)C([C@H](O)C(O)CF)O5)C(O)C(O)C4O)C(O)C3NC(C)=O)C(O)C(OC3OC(CO)C(O)C(O)C3OC3OC(CO)C(OC4OC(COC5(OC=O)CC(O)C(NC(C)=O)C([C@H](O)C(O)CF)O5)C(O)C(O)C4O)C(O)C3NC(C)=O)C2O)C(O)C1NC(C)=O. The molecular formula is C77H125F2N5O55. The van der Waals surface area contributed by atoms with Gasteiger partial charge in [0.2, 0.25) is 29.5 Å². The van der Waals surface area contributed by atoms with Crippen molar-refractivity contribution in [2.45, 2.75) is 366 Å². The molecule has 0 bridgehead atoms. The second-order valence-corrected chi connectivity index (χ2v) is 34.5. The minimum absolute atomic E-state index is 0.287. The fraction of sp³-hybridized carbons (Fsp3) is 0.909. The summed E-state index contributed by atoms with van der Waals surface area (Å²) in [7, 11) is 1.08. The van der Waals surface area contributed by atoms with E-state index in [1.165, 1.54) is 0 Å². The van der Waals surface area contributed by atoms with E-state index in [9.17, 15) is 175 Å². The van der Waals surface area contributed by atoms with Crippen LogP contribution in [0.1, 0.15) is 47.5 Å². The molecule has 10 saturated heterocycles. The fourth-order valence-corrected chi connectivity index (χ4v) is 17.6. The second kappa shape index (κ2) is 50.6. The van der Waals surface area contributed by atoms with Crippen molar-refractivity contribution in [2.24, 2.45) is 0 Å². The fourth-order valence-electron chi connectivity index (χ4n) is 17.6. The van der Waals surface area contributed by atoms with Gasteiger partial charge in [-0.25, -0.2) is 8.78 Å². The molecule has 52 atom stereocenters. The Morgan fingerprint density at radius 2 is 0.619 bits per heavy atom. The third-order valence-corrected chi connectivity index (χ3v) is 24.7. The minimum atomic E-state index is -2.88. The molecule has 0 saturated carbocycles. The lowest BCUT2D eigenvalue weighted by molar-refractivity contribution is -0.420. The molecule has 802 valence electrons. The number of ether oxygens (including phenoxy) is 22. The van der Waals surface area contributed by atoms with Gasteiger partial charge in [-0.15, -0.1) is 0 Å². The van der Waals surface area contributed by atoms with Crippen LogP contribution in [0, 0.1) is 0 Å². The number of amides is 5. The third-order valence-electron chi connectivity index (χ3n) is 24.7. The van der Waals surface area contributed by atoms with E-state index in [0.717, 1.165) is 41.7 Å². The highest BCUT2D eigenvalue weighted by Gasteiger charge is 2.63. The Kier molecular flexibility index (Phi) is 42.0. The van der Waals surface area contributed by atoms with Crippen LogP contribution in [0.3, 0.4) is 0 Å². The number of aliphatic hydroxyl groups is 26. The van der Waals surface area contributed by atoms with Crippen molar-refractivity contribution in [3.8, 4) is 0 Å². The van der Waals surface area contributed by atoms with Crippen LogP contribution in [0.2, 0.25) is 0 Å². The highest BCUT2D eigenvalue weighted by molar-refractivity contribution is 5.75. The maximum absolute atomic E-state index is 13.7. The Balaban J connectivity index is 0.911. The summed E-state index contributed by atoms with van der Waals surface area (Å²) < 4.78 is 156. The molecule has 0 aromatic rings. The maximum atomic E-state index is 13.7. The van der Waals surface area contributed by atoms with Crippen molar-refractivity contribution in [3.63, 3.8) is 0 Å². The number of alkyl halides is 2. The molecule has 50 unspecified atom stereocenters. The predicted molar refractivity (Wildman–Crippen MR) is 424 cm³/mol.